The molecule has 2 saturated carbocycles. The van der Waals surface area contributed by atoms with Crippen molar-refractivity contribution in [3.05, 3.63) is 35.6 Å². The SMILES string of the molecule is C[C@@H](CN1C[C@H]2C[C@@H]1C(=O)N2[C@H](c1ccc(F)cc1)C1CCCCC1)C(=O)N1C2C[C@H]2C[C@H]1C#N. The maximum Gasteiger partial charge on any atom is 0.240 e. The standard InChI is InChI=1S/C28H35FN4O2/c1-17(27(34)32-22(14-30)11-20-12-24(20)32)15-31-16-23-13-25(31)28(35)33(23)26(18-5-3-2-4-6-18)19-7-9-21(29)10-8-19/h7-10,17-18,20,22-26H,2-6,11-13,15-16H2,1H3/t17-,20+,22-,23+,24?,25+,26-/m0/s1. The van der Waals surface area contributed by atoms with Crippen molar-refractivity contribution in [2.45, 2.75) is 88.5 Å². The Balaban J connectivity index is 1.16. The van der Waals surface area contributed by atoms with E-state index in [-0.39, 0.29) is 53.8 Å². The number of halogens is 1. The van der Waals surface area contributed by atoms with Gasteiger partial charge in [0.15, 0.2) is 0 Å². The second kappa shape index (κ2) is 8.89. The maximum absolute atomic E-state index is 13.7. The van der Waals surface area contributed by atoms with Gasteiger partial charge in [0.1, 0.15) is 11.9 Å². The summed E-state index contributed by atoms with van der Waals surface area (Å²) in [4.78, 5) is 33.1. The number of hydrogen-bond donors (Lipinski definition) is 0. The summed E-state index contributed by atoms with van der Waals surface area (Å²) in [6, 6.07) is 9.00. The van der Waals surface area contributed by atoms with E-state index in [1.807, 2.05) is 24.0 Å². The van der Waals surface area contributed by atoms with Crippen LogP contribution < -0.4 is 0 Å². The zero-order valence-electron chi connectivity index (χ0n) is 20.5. The summed E-state index contributed by atoms with van der Waals surface area (Å²) < 4.78 is 13.7. The van der Waals surface area contributed by atoms with Crippen molar-refractivity contribution in [2.24, 2.45) is 17.8 Å². The van der Waals surface area contributed by atoms with E-state index in [0.29, 0.717) is 18.4 Å². The Morgan fingerprint density at radius 3 is 2.57 bits per heavy atom. The van der Waals surface area contributed by atoms with Crippen molar-refractivity contribution in [3.8, 4) is 6.07 Å². The largest absolute Gasteiger partial charge is 0.330 e. The van der Waals surface area contributed by atoms with Crippen LogP contribution in [0.5, 0.6) is 0 Å². The molecule has 7 atom stereocenters. The molecule has 7 heteroatoms. The van der Waals surface area contributed by atoms with Crippen LogP contribution >= 0.6 is 0 Å². The molecule has 2 amide bonds. The molecule has 0 radical (unpaired) electrons. The lowest BCUT2D eigenvalue weighted by atomic mass is 9.80. The van der Waals surface area contributed by atoms with Gasteiger partial charge in [-0.25, -0.2) is 4.39 Å². The third kappa shape index (κ3) is 3.94. The van der Waals surface area contributed by atoms with Gasteiger partial charge in [-0.1, -0.05) is 38.3 Å². The number of benzene rings is 1. The summed E-state index contributed by atoms with van der Waals surface area (Å²) in [5.41, 5.74) is 1.05. The monoisotopic (exact) mass is 478 g/mol. The fourth-order valence-corrected chi connectivity index (χ4v) is 7.60. The number of nitriles is 1. The van der Waals surface area contributed by atoms with Crippen LogP contribution in [0.3, 0.4) is 0 Å². The number of piperazine rings is 1. The zero-order valence-corrected chi connectivity index (χ0v) is 20.5. The third-order valence-corrected chi connectivity index (χ3v) is 9.36. The average Bonchev–Trinajstić information content (AvgIpc) is 3.19. The van der Waals surface area contributed by atoms with Gasteiger partial charge in [0.05, 0.1) is 18.2 Å². The Morgan fingerprint density at radius 1 is 1.14 bits per heavy atom. The van der Waals surface area contributed by atoms with Crippen molar-refractivity contribution in [1.29, 1.82) is 5.26 Å². The lowest BCUT2D eigenvalue weighted by Gasteiger charge is -2.43. The van der Waals surface area contributed by atoms with Crippen LogP contribution in [-0.4, -0.2) is 63.8 Å². The van der Waals surface area contributed by atoms with E-state index in [4.69, 9.17) is 0 Å². The highest BCUT2D eigenvalue weighted by Gasteiger charge is 2.56. The van der Waals surface area contributed by atoms with Gasteiger partial charge in [0.2, 0.25) is 11.8 Å². The van der Waals surface area contributed by atoms with Gasteiger partial charge >= 0.3 is 0 Å². The summed E-state index contributed by atoms with van der Waals surface area (Å²) in [5, 5.41) is 9.48. The highest BCUT2D eigenvalue weighted by Crippen LogP contribution is 2.49. The molecule has 3 aliphatic heterocycles. The van der Waals surface area contributed by atoms with Crippen LogP contribution in [0.1, 0.15) is 69.9 Å². The number of amides is 2. The Kier molecular flexibility index (Phi) is 5.83. The second-order valence-electron chi connectivity index (χ2n) is 11.6. The smallest absolute Gasteiger partial charge is 0.240 e. The molecular weight excluding hydrogens is 443 g/mol. The normalized spacial score (nSPS) is 34.1. The van der Waals surface area contributed by atoms with Crippen molar-refractivity contribution in [1.82, 2.24) is 14.7 Å². The lowest BCUT2D eigenvalue weighted by molar-refractivity contribution is -0.144. The summed E-state index contributed by atoms with van der Waals surface area (Å²) in [7, 11) is 0. The molecule has 5 fully saturated rings. The number of likely N-dealkylation sites (tertiary alicyclic amines) is 3. The third-order valence-electron chi connectivity index (χ3n) is 9.36. The summed E-state index contributed by atoms with van der Waals surface area (Å²) in [5.74, 6) is 0.688. The van der Waals surface area contributed by atoms with Gasteiger partial charge in [-0.15, -0.1) is 0 Å². The number of fused-ring (bicyclic) bond motifs is 3. The number of carbonyl (C=O) groups is 2. The van der Waals surface area contributed by atoms with Crippen molar-refractivity contribution in [3.63, 3.8) is 0 Å². The van der Waals surface area contributed by atoms with Crippen LogP contribution in [0.25, 0.3) is 0 Å². The number of nitrogens with zero attached hydrogens (tertiary/aromatic N) is 4. The molecule has 1 aromatic rings. The highest BCUT2D eigenvalue weighted by molar-refractivity contribution is 5.86. The van der Waals surface area contributed by atoms with E-state index in [9.17, 15) is 19.2 Å². The molecule has 35 heavy (non-hydrogen) atoms. The summed E-state index contributed by atoms with van der Waals surface area (Å²) >= 11 is 0. The molecule has 186 valence electrons. The first-order valence-electron chi connectivity index (χ1n) is 13.5. The van der Waals surface area contributed by atoms with Gasteiger partial charge in [-0.2, -0.15) is 5.26 Å². The average molecular weight is 479 g/mol. The van der Waals surface area contributed by atoms with E-state index >= 15 is 0 Å². The predicted molar refractivity (Wildman–Crippen MR) is 128 cm³/mol. The molecule has 6 nitrogen and oxygen atoms in total. The number of rotatable bonds is 6. The maximum atomic E-state index is 13.7. The first-order valence-corrected chi connectivity index (χ1v) is 13.5. The summed E-state index contributed by atoms with van der Waals surface area (Å²) in [6.45, 7) is 3.30. The molecule has 1 aromatic carbocycles. The van der Waals surface area contributed by atoms with E-state index in [1.165, 1.54) is 31.4 Å². The molecule has 0 aromatic heterocycles. The molecule has 2 bridgehead atoms. The molecule has 3 heterocycles. The van der Waals surface area contributed by atoms with Crippen LogP contribution in [0, 0.1) is 34.9 Å². The van der Waals surface area contributed by atoms with Gasteiger partial charge in [0.25, 0.3) is 0 Å². The molecule has 1 unspecified atom stereocenters. The van der Waals surface area contributed by atoms with Crippen LogP contribution in [0.4, 0.5) is 4.39 Å². The topological polar surface area (TPSA) is 67.7 Å². The number of hydrogen-bond acceptors (Lipinski definition) is 4. The number of carbonyl (C=O) groups excluding carboxylic acids is 2. The minimum absolute atomic E-state index is 0.00684. The van der Waals surface area contributed by atoms with Crippen molar-refractivity contribution in [2.75, 3.05) is 13.1 Å². The molecule has 3 saturated heterocycles. The van der Waals surface area contributed by atoms with E-state index in [1.54, 1.807) is 0 Å². The quantitative estimate of drug-likeness (QED) is 0.622. The predicted octanol–water partition coefficient (Wildman–Crippen LogP) is 3.88. The van der Waals surface area contributed by atoms with Gasteiger partial charge < -0.3 is 9.80 Å². The first-order chi connectivity index (χ1) is 17.0. The Labute approximate surface area is 207 Å². The minimum Gasteiger partial charge on any atom is -0.330 e. The Hall–Kier alpha value is -2.46. The second-order valence-corrected chi connectivity index (χ2v) is 11.6. The van der Waals surface area contributed by atoms with Gasteiger partial charge in [-0.3, -0.25) is 14.5 Å². The molecule has 0 spiro atoms. The van der Waals surface area contributed by atoms with Gasteiger partial charge in [0, 0.05) is 31.1 Å². The minimum atomic E-state index is -0.284. The molecular formula is C28H35FN4O2. The molecule has 0 N–H and O–H groups in total. The molecule has 2 aliphatic carbocycles. The van der Waals surface area contributed by atoms with E-state index in [0.717, 1.165) is 44.2 Å². The molecule has 6 rings (SSSR count). The summed E-state index contributed by atoms with van der Waals surface area (Å²) in [6.07, 6.45) is 8.49. The van der Waals surface area contributed by atoms with Gasteiger partial charge in [-0.05, 0) is 61.6 Å². The van der Waals surface area contributed by atoms with Crippen LogP contribution in [0.15, 0.2) is 24.3 Å². The van der Waals surface area contributed by atoms with Crippen LogP contribution in [-0.2, 0) is 9.59 Å². The van der Waals surface area contributed by atoms with Crippen LogP contribution in [0.2, 0.25) is 0 Å². The fourth-order valence-electron chi connectivity index (χ4n) is 7.60. The van der Waals surface area contributed by atoms with Crippen molar-refractivity contribution >= 4 is 11.8 Å². The number of piperidine rings is 1. The fraction of sp³-hybridized carbons (Fsp3) is 0.679. The Bertz CT molecular complexity index is 1030. The Morgan fingerprint density at radius 2 is 1.89 bits per heavy atom. The molecule has 5 aliphatic rings. The van der Waals surface area contributed by atoms with Crippen molar-refractivity contribution < 1.29 is 14.0 Å². The van der Waals surface area contributed by atoms with E-state index < -0.39 is 0 Å². The highest BCUT2D eigenvalue weighted by atomic mass is 19.1. The first kappa shape index (κ1) is 23.0. The lowest BCUT2D eigenvalue weighted by Crippen LogP contribution is -2.54. The zero-order chi connectivity index (χ0) is 24.3. The van der Waals surface area contributed by atoms with E-state index in [2.05, 4.69) is 15.9 Å².